The smallest absolute Gasteiger partial charge is 0.387 e. The average Bonchev–Trinajstić information content (AvgIpc) is 2.39. The van der Waals surface area contributed by atoms with E-state index in [0.29, 0.717) is 0 Å². The Labute approximate surface area is 112 Å². The highest BCUT2D eigenvalue weighted by molar-refractivity contribution is 5.59. The second-order valence-electron chi connectivity index (χ2n) is 5.11. The molecule has 1 N–H and O–H groups in total. The molecule has 1 unspecified atom stereocenters. The summed E-state index contributed by atoms with van der Waals surface area (Å²) >= 11 is 0. The zero-order chi connectivity index (χ0) is 13.9. The van der Waals surface area contributed by atoms with Crippen LogP contribution in [0.1, 0.15) is 20.3 Å². The van der Waals surface area contributed by atoms with Gasteiger partial charge in [-0.25, -0.2) is 0 Å². The average molecular weight is 270 g/mol. The molecule has 1 fully saturated rings. The number of anilines is 1. The first-order valence-electron chi connectivity index (χ1n) is 6.58. The van der Waals surface area contributed by atoms with Crippen LogP contribution in [0.5, 0.6) is 5.75 Å². The quantitative estimate of drug-likeness (QED) is 0.910. The standard InChI is InChI=1S/C14H20F2N2O/c1-3-14(2)10-18(9-8-17-14)11-6-4-5-7-12(11)19-13(15)16/h4-7,13,17H,3,8-10H2,1-2H3. The van der Waals surface area contributed by atoms with Gasteiger partial charge < -0.3 is 15.0 Å². The third-order valence-corrected chi connectivity index (χ3v) is 3.68. The molecule has 1 aliphatic rings. The van der Waals surface area contributed by atoms with Gasteiger partial charge in [-0.2, -0.15) is 8.78 Å². The Kier molecular flexibility index (Phi) is 4.24. The molecule has 0 saturated carbocycles. The lowest BCUT2D eigenvalue weighted by atomic mass is 9.95. The van der Waals surface area contributed by atoms with Gasteiger partial charge in [0, 0.05) is 25.2 Å². The van der Waals surface area contributed by atoms with E-state index in [1.54, 1.807) is 12.1 Å². The minimum Gasteiger partial charge on any atom is -0.433 e. The van der Waals surface area contributed by atoms with Crippen molar-refractivity contribution in [2.24, 2.45) is 0 Å². The fraction of sp³-hybridized carbons (Fsp3) is 0.571. The van der Waals surface area contributed by atoms with Crippen LogP contribution in [0.15, 0.2) is 24.3 Å². The van der Waals surface area contributed by atoms with Gasteiger partial charge in [-0.15, -0.1) is 0 Å². The highest BCUT2D eigenvalue weighted by atomic mass is 19.3. The molecule has 0 bridgehead atoms. The number of para-hydroxylation sites is 2. The summed E-state index contributed by atoms with van der Waals surface area (Å²) in [5, 5.41) is 3.47. The molecule has 1 aromatic carbocycles. The molecule has 5 heteroatoms. The van der Waals surface area contributed by atoms with Gasteiger partial charge in [0.25, 0.3) is 0 Å². The fourth-order valence-electron chi connectivity index (χ4n) is 2.41. The fourth-order valence-corrected chi connectivity index (χ4v) is 2.41. The van der Waals surface area contributed by atoms with Gasteiger partial charge in [-0.05, 0) is 25.5 Å². The summed E-state index contributed by atoms with van der Waals surface area (Å²) in [5.41, 5.74) is 0.750. The van der Waals surface area contributed by atoms with Crippen LogP contribution < -0.4 is 15.0 Å². The Morgan fingerprint density at radius 1 is 1.42 bits per heavy atom. The molecule has 1 saturated heterocycles. The zero-order valence-corrected chi connectivity index (χ0v) is 11.3. The molecular formula is C14H20F2N2O. The molecule has 0 spiro atoms. The molecule has 1 aliphatic heterocycles. The van der Waals surface area contributed by atoms with Crippen molar-refractivity contribution in [2.45, 2.75) is 32.4 Å². The first-order valence-corrected chi connectivity index (χ1v) is 6.58. The molecule has 0 amide bonds. The van der Waals surface area contributed by atoms with E-state index in [1.807, 2.05) is 12.1 Å². The van der Waals surface area contributed by atoms with Crippen molar-refractivity contribution in [3.05, 3.63) is 24.3 Å². The molecule has 0 radical (unpaired) electrons. The van der Waals surface area contributed by atoms with Crippen LogP contribution in [-0.2, 0) is 0 Å². The predicted molar refractivity (Wildman–Crippen MR) is 72.0 cm³/mol. The van der Waals surface area contributed by atoms with Crippen molar-refractivity contribution < 1.29 is 13.5 Å². The summed E-state index contributed by atoms with van der Waals surface area (Å²) in [6.45, 7) is 3.90. The highest BCUT2D eigenvalue weighted by Crippen LogP contribution is 2.31. The topological polar surface area (TPSA) is 24.5 Å². The molecule has 106 valence electrons. The van der Waals surface area contributed by atoms with Crippen molar-refractivity contribution in [3.63, 3.8) is 0 Å². The number of halogens is 2. The van der Waals surface area contributed by atoms with E-state index >= 15 is 0 Å². The van der Waals surface area contributed by atoms with Gasteiger partial charge in [0.2, 0.25) is 0 Å². The minimum absolute atomic E-state index is 0.0101. The maximum absolute atomic E-state index is 12.4. The molecule has 0 aromatic heterocycles. The number of hydrogen-bond donors (Lipinski definition) is 1. The van der Waals surface area contributed by atoms with E-state index in [0.717, 1.165) is 31.7 Å². The molecular weight excluding hydrogens is 250 g/mol. The van der Waals surface area contributed by atoms with Crippen molar-refractivity contribution in [3.8, 4) is 5.75 Å². The molecule has 2 rings (SSSR count). The molecule has 1 aromatic rings. The third-order valence-electron chi connectivity index (χ3n) is 3.68. The number of nitrogens with zero attached hydrogens (tertiary/aromatic N) is 1. The van der Waals surface area contributed by atoms with Gasteiger partial charge in [-0.3, -0.25) is 0 Å². The van der Waals surface area contributed by atoms with E-state index < -0.39 is 6.61 Å². The van der Waals surface area contributed by atoms with Crippen molar-refractivity contribution >= 4 is 5.69 Å². The van der Waals surface area contributed by atoms with Gasteiger partial charge in [0.15, 0.2) is 0 Å². The Hall–Kier alpha value is -1.36. The monoisotopic (exact) mass is 270 g/mol. The summed E-state index contributed by atoms with van der Waals surface area (Å²) in [7, 11) is 0. The maximum Gasteiger partial charge on any atom is 0.387 e. The third kappa shape index (κ3) is 3.35. The van der Waals surface area contributed by atoms with E-state index in [4.69, 9.17) is 0 Å². The van der Waals surface area contributed by atoms with Gasteiger partial charge >= 0.3 is 6.61 Å². The van der Waals surface area contributed by atoms with E-state index in [9.17, 15) is 8.78 Å². The van der Waals surface area contributed by atoms with Gasteiger partial charge in [0.1, 0.15) is 5.75 Å². The number of hydrogen-bond acceptors (Lipinski definition) is 3. The summed E-state index contributed by atoms with van der Waals surface area (Å²) in [6, 6.07) is 6.98. The Morgan fingerprint density at radius 2 is 2.16 bits per heavy atom. The second-order valence-corrected chi connectivity index (χ2v) is 5.11. The van der Waals surface area contributed by atoms with E-state index in [-0.39, 0.29) is 11.3 Å². The van der Waals surface area contributed by atoms with Gasteiger partial charge in [-0.1, -0.05) is 19.1 Å². The van der Waals surface area contributed by atoms with E-state index in [1.165, 1.54) is 0 Å². The maximum atomic E-state index is 12.4. The predicted octanol–water partition coefficient (Wildman–Crippen LogP) is 2.87. The van der Waals surface area contributed by atoms with Crippen LogP contribution >= 0.6 is 0 Å². The first-order chi connectivity index (χ1) is 9.04. The summed E-state index contributed by atoms with van der Waals surface area (Å²) in [4.78, 5) is 2.11. The SMILES string of the molecule is CCC1(C)CN(c2ccccc2OC(F)F)CCN1. The highest BCUT2D eigenvalue weighted by Gasteiger charge is 2.30. The zero-order valence-electron chi connectivity index (χ0n) is 11.3. The first kappa shape index (κ1) is 14.1. The summed E-state index contributed by atoms with van der Waals surface area (Å²) in [5.74, 6) is 0.248. The largest absolute Gasteiger partial charge is 0.433 e. The molecule has 19 heavy (non-hydrogen) atoms. The van der Waals surface area contributed by atoms with Crippen LogP contribution in [0, 0.1) is 0 Å². The number of ether oxygens (including phenoxy) is 1. The lowest BCUT2D eigenvalue weighted by Crippen LogP contribution is -2.58. The van der Waals surface area contributed by atoms with Gasteiger partial charge in [0.05, 0.1) is 5.69 Å². The van der Waals surface area contributed by atoms with Crippen LogP contribution in [-0.4, -0.2) is 31.8 Å². The van der Waals surface area contributed by atoms with Crippen LogP contribution in [0.4, 0.5) is 14.5 Å². The number of benzene rings is 1. The molecule has 1 heterocycles. The Balaban J connectivity index is 2.21. The lowest BCUT2D eigenvalue weighted by Gasteiger charge is -2.42. The number of alkyl halides is 2. The lowest BCUT2D eigenvalue weighted by molar-refractivity contribution is -0.0495. The van der Waals surface area contributed by atoms with Crippen molar-refractivity contribution in [1.29, 1.82) is 0 Å². The molecule has 1 atom stereocenters. The number of nitrogens with one attached hydrogen (secondary N) is 1. The van der Waals surface area contributed by atoms with Crippen molar-refractivity contribution in [1.82, 2.24) is 5.32 Å². The molecule has 3 nitrogen and oxygen atoms in total. The second kappa shape index (κ2) is 5.74. The van der Waals surface area contributed by atoms with E-state index in [2.05, 4.69) is 28.8 Å². The minimum atomic E-state index is -2.79. The van der Waals surface area contributed by atoms with Crippen LogP contribution in [0.25, 0.3) is 0 Å². The summed E-state index contributed by atoms with van der Waals surface area (Å²) < 4.78 is 29.5. The van der Waals surface area contributed by atoms with Crippen molar-refractivity contribution in [2.75, 3.05) is 24.5 Å². The Morgan fingerprint density at radius 3 is 2.84 bits per heavy atom. The van der Waals surface area contributed by atoms with Crippen LogP contribution in [0.2, 0.25) is 0 Å². The normalized spacial score (nSPS) is 23.7. The Bertz CT molecular complexity index is 428. The van der Waals surface area contributed by atoms with Crippen LogP contribution in [0.3, 0.4) is 0 Å². The molecule has 0 aliphatic carbocycles. The summed E-state index contributed by atoms with van der Waals surface area (Å²) in [6.07, 6.45) is 0.987. The number of piperazine rings is 1. The number of rotatable bonds is 4.